The standard InChI is InChI=1S/C8H6N2OS/c11-7-2-1-6(5-10-7)8-9-3-4-12-8/h1-5H,(H,10,11). The van der Waals surface area contributed by atoms with E-state index in [1.807, 2.05) is 5.38 Å². The topological polar surface area (TPSA) is 45.8 Å². The molecule has 0 unspecified atom stereocenters. The molecule has 0 aliphatic carbocycles. The summed E-state index contributed by atoms with van der Waals surface area (Å²) in [4.78, 5) is 17.4. The Balaban J connectivity index is 2.49. The van der Waals surface area contributed by atoms with E-state index in [4.69, 9.17) is 0 Å². The molecule has 60 valence electrons. The van der Waals surface area contributed by atoms with Crippen molar-refractivity contribution in [1.29, 1.82) is 0 Å². The number of aromatic nitrogens is 2. The zero-order valence-electron chi connectivity index (χ0n) is 6.15. The molecule has 2 rings (SSSR count). The highest BCUT2D eigenvalue weighted by atomic mass is 32.1. The summed E-state index contributed by atoms with van der Waals surface area (Å²) in [5, 5.41) is 2.83. The summed E-state index contributed by atoms with van der Waals surface area (Å²) >= 11 is 1.55. The minimum absolute atomic E-state index is 0.0877. The average molecular weight is 178 g/mol. The van der Waals surface area contributed by atoms with Gasteiger partial charge in [0.25, 0.3) is 0 Å². The van der Waals surface area contributed by atoms with Crippen LogP contribution in [0.2, 0.25) is 0 Å². The van der Waals surface area contributed by atoms with Gasteiger partial charge in [0.1, 0.15) is 5.01 Å². The molecule has 0 aromatic carbocycles. The Kier molecular flexibility index (Phi) is 1.75. The average Bonchev–Trinajstić information content (AvgIpc) is 2.58. The van der Waals surface area contributed by atoms with E-state index in [9.17, 15) is 4.79 Å². The molecule has 0 amide bonds. The Morgan fingerprint density at radius 2 is 2.33 bits per heavy atom. The van der Waals surface area contributed by atoms with Gasteiger partial charge in [-0.05, 0) is 6.07 Å². The molecule has 0 saturated carbocycles. The van der Waals surface area contributed by atoms with Crippen LogP contribution in [0.15, 0.2) is 34.7 Å². The SMILES string of the molecule is O=c1ccc(-c2nccs2)c[nH]1. The second-order valence-corrected chi connectivity index (χ2v) is 3.17. The zero-order valence-corrected chi connectivity index (χ0v) is 6.97. The summed E-state index contributed by atoms with van der Waals surface area (Å²) in [5.41, 5.74) is 0.861. The Bertz CT molecular complexity index is 398. The van der Waals surface area contributed by atoms with E-state index in [1.165, 1.54) is 6.07 Å². The second-order valence-electron chi connectivity index (χ2n) is 2.28. The lowest BCUT2D eigenvalue weighted by molar-refractivity contribution is 1.23. The van der Waals surface area contributed by atoms with Gasteiger partial charge in [0.2, 0.25) is 5.56 Å². The van der Waals surface area contributed by atoms with E-state index in [-0.39, 0.29) is 5.56 Å². The number of hydrogen-bond acceptors (Lipinski definition) is 3. The highest BCUT2D eigenvalue weighted by molar-refractivity contribution is 7.13. The maximum absolute atomic E-state index is 10.7. The van der Waals surface area contributed by atoms with Gasteiger partial charge in [0, 0.05) is 29.4 Å². The Hall–Kier alpha value is -1.42. The number of aromatic amines is 1. The number of pyridine rings is 1. The Morgan fingerprint density at radius 3 is 2.92 bits per heavy atom. The number of nitrogens with zero attached hydrogens (tertiary/aromatic N) is 1. The maximum Gasteiger partial charge on any atom is 0.247 e. The van der Waals surface area contributed by atoms with Gasteiger partial charge in [0.15, 0.2) is 0 Å². The van der Waals surface area contributed by atoms with Crippen LogP contribution in [-0.4, -0.2) is 9.97 Å². The molecule has 0 atom stereocenters. The van der Waals surface area contributed by atoms with E-state index in [2.05, 4.69) is 9.97 Å². The molecule has 3 nitrogen and oxygen atoms in total. The second kappa shape index (κ2) is 2.91. The quantitative estimate of drug-likeness (QED) is 0.719. The van der Waals surface area contributed by atoms with E-state index < -0.39 is 0 Å². The van der Waals surface area contributed by atoms with Gasteiger partial charge >= 0.3 is 0 Å². The number of thiazole rings is 1. The molecule has 0 aliphatic heterocycles. The van der Waals surface area contributed by atoms with Crippen LogP contribution in [0.5, 0.6) is 0 Å². The van der Waals surface area contributed by atoms with Crippen LogP contribution in [0.1, 0.15) is 0 Å². The van der Waals surface area contributed by atoms with Crippen LogP contribution in [-0.2, 0) is 0 Å². The van der Waals surface area contributed by atoms with Crippen LogP contribution >= 0.6 is 11.3 Å². The van der Waals surface area contributed by atoms with Crippen molar-refractivity contribution in [2.75, 3.05) is 0 Å². The van der Waals surface area contributed by atoms with Crippen molar-refractivity contribution in [3.63, 3.8) is 0 Å². The fourth-order valence-corrected chi connectivity index (χ4v) is 1.54. The summed E-state index contributed by atoms with van der Waals surface area (Å²) in [5.74, 6) is 0. The summed E-state index contributed by atoms with van der Waals surface area (Å²) in [7, 11) is 0. The van der Waals surface area contributed by atoms with Crippen molar-refractivity contribution < 1.29 is 0 Å². The first-order valence-corrected chi connectivity index (χ1v) is 4.33. The molecular formula is C8H6N2OS. The van der Waals surface area contributed by atoms with Gasteiger partial charge in [-0.2, -0.15) is 0 Å². The first kappa shape index (κ1) is 7.24. The molecule has 0 saturated heterocycles. The molecule has 0 bridgehead atoms. The molecule has 12 heavy (non-hydrogen) atoms. The van der Waals surface area contributed by atoms with Crippen LogP contribution in [0.3, 0.4) is 0 Å². The van der Waals surface area contributed by atoms with Crippen LogP contribution < -0.4 is 5.56 Å². The lowest BCUT2D eigenvalue weighted by Crippen LogP contribution is -2.00. The molecule has 0 aliphatic rings. The van der Waals surface area contributed by atoms with Crippen molar-refractivity contribution in [3.05, 3.63) is 40.3 Å². The van der Waals surface area contributed by atoms with Crippen molar-refractivity contribution >= 4 is 11.3 Å². The summed E-state index contributed by atoms with van der Waals surface area (Å²) < 4.78 is 0. The molecular weight excluding hydrogens is 172 g/mol. The van der Waals surface area contributed by atoms with Gasteiger partial charge < -0.3 is 4.98 Å². The minimum Gasteiger partial charge on any atom is -0.328 e. The number of rotatable bonds is 1. The Labute approximate surface area is 72.7 Å². The van der Waals surface area contributed by atoms with E-state index in [0.29, 0.717) is 0 Å². The Morgan fingerprint density at radius 1 is 1.42 bits per heavy atom. The molecule has 0 spiro atoms. The van der Waals surface area contributed by atoms with Gasteiger partial charge in [0.05, 0.1) is 0 Å². The smallest absolute Gasteiger partial charge is 0.247 e. The predicted octanol–water partition coefficient (Wildman–Crippen LogP) is 1.50. The highest BCUT2D eigenvalue weighted by Gasteiger charge is 1.97. The fraction of sp³-hybridized carbons (Fsp3) is 0. The molecule has 0 fully saturated rings. The van der Waals surface area contributed by atoms with E-state index in [1.54, 1.807) is 29.8 Å². The van der Waals surface area contributed by atoms with Crippen LogP contribution in [0.4, 0.5) is 0 Å². The third-order valence-electron chi connectivity index (χ3n) is 1.46. The van der Waals surface area contributed by atoms with Crippen LogP contribution in [0.25, 0.3) is 10.6 Å². The predicted molar refractivity (Wildman–Crippen MR) is 48.2 cm³/mol. The molecule has 0 radical (unpaired) electrons. The number of nitrogens with one attached hydrogen (secondary N) is 1. The zero-order chi connectivity index (χ0) is 8.39. The molecule has 2 aromatic rings. The fourth-order valence-electron chi connectivity index (χ4n) is 0.910. The van der Waals surface area contributed by atoms with Gasteiger partial charge in [-0.25, -0.2) is 4.98 Å². The lowest BCUT2D eigenvalue weighted by atomic mass is 10.3. The van der Waals surface area contributed by atoms with E-state index >= 15 is 0 Å². The third-order valence-corrected chi connectivity index (χ3v) is 2.29. The van der Waals surface area contributed by atoms with Crippen molar-refractivity contribution in [3.8, 4) is 10.6 Å². The molecule has 2 heterocycles. The summed E-state index contributed by atoms with van der Waals surface area (Å²) in [6.45, 7) is 0. The highest BCUT2D eigenvalue weighted by Crippen LogP contribution is 2.18. The normalized spacial score (nSPS) is 10.0. The summed E-state index contributed by atoms with van der Waals surface area (Å²) in [6.07, 6.45) is 3.41. The first-order chi connectivity index (χ1) is 5.86. The number of hydrogen-bond donors (Lipinski definition) is 1. The maximum atomic E-state index is 10.7. The molecule has 2 aromatic heterocycles. The van der Waals surface area contributed by atoms with Gasteiger partial charge in [-0.15, -0.1) is 11.3 Å². The third kappa shape index (κ3) is 1.29. The largest absolute Gasteiger partial charge is 0.328 e. The first-order valence-electron chi connectivity index (χ1n) is 3.45. The lowest BCUT2D eigenvalue weighted by Gasteiger charge is -1.91. The van der Waals surface area contributed by atoms with Crippen molar-refractivity contribution in [2.45, 2.75) is 0 Å². The van der Waals surface area contributed by atoms with Crippen LogP contribution in [0, 0.1) is 0 Å². The van der Waals surface area contributed by atoms with Crippen molar-refractivity contribution in [2.24, 2.45) is 0 Å². The molecule has 1 N–H and O–H groups in total. The number of H-pyrrole nitrogens is 1. The molecule has 4 heteroatoms. The van der Waals surface area contributed by atoms with Gasteiger partial charge in [-0.3, -0.25) is 4.79 Å². The van der Waals surface area contributed by atoms with E-state index in [0.717, 1.165) is 10.6 Å². The van der Waals surface area contributed by atoms with Gasteiger partial charge in [-0.1, -0.05) is 0 Å². The minimum atomic E-state index is -0.0877. The monoisotopic (exact) mass is 178 g/mol. The van der Waals surface area contributed by atoms with Crippen molar-refractivity contribution in [1.82, 2.24) is 9.97 Å². The summed E-state index contributed by atoms with van der Waals surface area (Å²) in [6, 6.07) is 3.26.